The minimum Gasteiger partial charge on any atom is -0.493 e. The summed E-state index contributed by atoms with van der Waals surface area (Å²) < 4.78 is 16.4. The molecular formula is C23H23NO5. The highest BCUT2D eigenvalue weighted by atomic mass is 16.5. The summed E-state index contributed by atoms with van der Waals surface area (Å²) in [5.74, 6) is 2.13. The number of carbonyl (C=O) groups excluding carboxylic acids is 1. The average Bonchev–Trinajstić information content (AvgIpc) is 3.23. The van der Waals surface area contributed by atoms with E-state index in [1.54, 1.807) is 31.4 Å². The van der Waals surface area contributed by atoms with E-state index in [1.165, 1.54) is 6.08 Å². The van der Waals surface area contributed by atoms with Gasteiger partial charge in [-0.05, 0) is 55.0 Å². The van der Waals surface area contributed by atoms with E-state index in [2.05, 4.69) is 5.32 Å². The van der Waals surface area contributed by atoms with Gasteiger partial charge in [-0.3, -0.25) is 4.79 Å². The maximum Gasteiger partial charge on any atom is 0.248 e. The van der Waals surface area contributed by atoms with Gasteiger partial charge in [-0.1, -0.05) is 18.2 Å². The fourth-order valence-corrected chi connectivity index (χ4v) is 2.79. The normalized spacial score (nSPS) is 10.9. The summed E-state index contributed by atoms with van der Waals surface area (Å²) in [6.45, 7) is 2.30. The van der Waals surface area contributed by atoms with Crippen LogP contribution in [0.1, 0.15) is 18.2 Å². The monoisotopic (exact) mass is 393 g/mol. The first-order valence-electron chi connectivity index (χ1n) is 9.23. The number of rotatable bonds is 8. The van der Waals surface area contributed by atoms with Crippen molar-refractivity contribution in [2.45, 2.75) is 13.5 Å². The summed E-state index contributed by atoms with van der Waals surface area (Å²) in [5.41, 5.74) is 2.27. The number of hydrogen-bond acceptors (Lipinski definition) is 5. The number of aliphatic hydroxyl groups is 1. The van der Waals surface area contributed by atoms with E-state index in [0.717, 1.165) is 11.1 Å². The molecule has 2 aromatic carbocycles. The van der Waals surface area contributed by atoms with Crippen LogP contribution in [0.3, 0.4) is 0 Å². The van der Waals surface area contributed by atoms with Gasteiger partial charge in [-0.15, -0.1) is 0 Å². The number of ether oxygens (including phenoxy) is 2. The van der Waals surface area contributed by atoms with Crippen LogP contribution in [0, 0.1) is 0 Å². The standard InChI is InChI=1S/C23H23NO5/c1-3-28-21-10-7-16(13-22(21)27-2)8-12-23(26)24-18-6-4-5-17(14-18)20-11-9-19(15-25)29-20/h4-14,25H,3,15H2,1-2H3,(H,24,26)/b12-8+. The maximum atomic E-state index is 12.3. The molecule has 6 nitrogen and oxygen atoms in total. The van der Waals surface area contributed by atoms with Crippen molar-refractivity contribution in [2.75, 3.05) is 19.0 Å². The third-order valence-electron chi connectivity index (χ3n) is 4.15. The quantitative estimate of drug-likeness (QED) is 0.551. The first kappa shape index (κ1) is 20.2. The molecule has 29 heavy (non-hydrogen) atoms. The predicted octanol–water partition coefficient (Wildman–Crippen LogP) is 4.50. The van der Waals surface area contributed by atoms with Crippen LogP contribution in [-0.4, -0.2) is 24.7 Å². The van der Waals surface area contributed by atoms with Crippen LogP contribution in [0.2, 0.25) is 0 Å². The lowest BCUT2D eigenvalue weighted by Gasteiger charge is -2.09. The van der Waals surface area contributed by atoms with Gasteiger partial charge in [0.1, 0.15) is 18.1 Å². The summed E-state index contributed by atoms with van der Waals surface area (Å²) in [6.07, 6.45) is 3.16. The molecule has 0 aliphatic heterocycles. The summed E-state index contributed by atoms with van der Waals surface area (Å²) in [6, 6.07) is 16.3. The number of carbonyl (C=O) groups is 1. The molecule has 0 unspecified atom stereocenters. The summed E-state index contributed by atoms with van der Waals surface area (Å²) in [7, 11) is 1.58. The number of nitrogens with one attached hydrogen (secondary N) is 1. The Hall–Kier alpha value is -3.51. The fourth-order valence-electron chi connectivity index (χ4n) is 2.79. The molecular weight excluding hydrogens is 370 g/mol. The fraction of sp³-hybridized carbons (Fsp3) is 0.174. The molecule has 0 saturated heterocycles. The second-order valence-corrected chi connectivity index (χ2v) is 6.17. The molecule has 1 amide bonds. The topological polar surface area (TPSA) is 80.9 Å². The number of amides is 1. The Balaban J connectivity index is 1.68. The maximum absolute atomic E-state index is 12.3. The molecule has 0 spiro atoms. The Morgan fingerprint density at radius 3 is 2.72 bits per heavy atom. The van der Waals surface area contributed by atoms with Crippen LogP contribution in [0.5, 0.6) is 11.5 Å². The number of methoxy groups -OCH3 is 1. The minimum absolute atomic E-state index is 0.155. The van der Waals surface area contributed by atoms with Gasteiger partial charge in [0.25, 0.3) is 0 Å². The van der Waals surface area contributed by atoms with E-state index in [4.69, 9.17) is 19.0 Å². The van der Waals surface area contributed by atoms with Gasteiger partial charge in [-0.25, -0.2) is 0 Å². The molecule has 0 aliphatic rings. The van der Waals surface area contributed by atoms with E-state index in [-0.39, 0.29) is 12.5 Å². The van der Waals surface area contributed by atoms with Crippen LogP contribution >= 0.6 is 0 Å². The van der Waals surface area contributed by atoms with Gasteiger partial charge < -0.3 is 24.3 Å². The first-order valence-corrected chi connectivity index (χ1v) is 9.23. The van der Waals surface area contributed by atoms with Crippen molar-refractivity contribution in [3.05, 3.63) is 72.0 Å². The molecule has 0 bridgehead atoms. The van der Waals surface area contributed by atoms with Gasteiger partial charge in [-0.2, -0.15) is 0 Å². The van der Waals surface area contributed by atoms with Crippen LogP contribution in [0.25, 0.3) is 17.4 Å². The largest absolute Gasteiger partial charge is 0.493 e. The molecule has 0 saturated carbocycles. The Kier molecular flexibility index (Phi) is 6.71. The molecule has 0 aliphatic carbocycles. The second kappa shape index (κ2) is 9.61. The van der Waals surface area contributed by atoms with E-state index in [9.17, 15) is 4.79 Å². The molecule has 6 heteroatoms. The van der Waals surface area contributed by atoms with Crippen molar-refractivity contribution in [1.82, 2.24) is 0 Å². The van der Waals surface area contributed by atoms with Crippen LogP contribution in [-0.2, 0) is 11.4 Å². The van der Waals surface area contributed by atoms with Gasteiger partial charge in [0.2, 0.25) is 5.91 Å². The van der Waals surface area contributed by atoms with Gasteiger partial charge >= 0.3 is 0 Å². The van der Waals surface area contributed by atoms with Crippen LogP contribution in [0.15, 0.2) is 65.1 Å². The highest BCUT2D eigenvalue weighted by Gasteiger charge is 2.07. The number of aliphatic hydroxyl groups excluding tert-OH is 1. The van der Waals surface area contributed by atoms with Crippen molar-refractivity contribution >= 4 is 17.7 Å². The lowest BCUT2D eigenvalue weighted by molar-refractivity contribution is -0.111. The molecule has 3 rings (SSSR count). The average molecular weight is 393 g/mol. The molecule has 1 heterocycles. The summed E-state index contributed by atoms with van der Waals surface area (Å²) in [5, 5.41) is 12.0. The third kappa shape index (κ3) is 5.27. The highest BCUT2D eigenvalue weighted by Crippen LogP contribution is 2.28. The van der Waals surface area contributed by atoms with Crippen molar-refractivity contribution in [1.29, 1.82) is 0 Å². The molecule has 1 aromatic heterocycles. The Morgan fingerprint density at radius 1 is 1.14 bits per heavy atom. The van der Waals surface area contributed by atoms with Gasteiger partial charge in [0.05, 0.1) is 13.7 Å². The van der Waals surface area contributed by atoms with E-state index in [0.29, 0.717) is 35.3 Å². The minimum atomic E-state index is -0.259. The lowest BCUT2D eigenvalue weighted by Crippen LogP contribution is -2.07. The zero-order chi connectivity index (χ0) is 20.6. The molecule has 2 N–H and O–H groups in total. The van der Waals surface area contributed by atoms with Crippen LogP contribution < -0.4 is 14.8 Å². The smallest absolute Gasteiger partial charge is 0.248 e. The first-order chi connectivity index (χ1) is 14.1. The Morgan fingerprint density at radius 2 is 2.00 bits per heavy atom. The van der Waals surface area contributed by atoms with Gasteiger partial charge in [0.15, 0.2) is 11.5 Å². The third-order valence-corrected chi connectivity index (χ3v) is 4.15. The lowest BCUT2D eigenvalue weighted by atomic mass is 10.1. The number of furan rings is 1. The SMILES string of the molecule is CCOc1ccc(/C=C/C(=O)Nc2cccc(-c3ccc(CO)o3)c2)cc1OC. The zero-order valence-electron chi connectivity index (χ0n) is 16.3. The number of benzene rings is 2. The molecule has 3 aromatic rings. The Bertz CT molecular complexity index is 1010. The summed E-state index contributed by atoms with van der Waals surface area (Å²) >= 11 is 0. The van der Waals surface area contributed by atoms with E-state index < -0.39 is 0 Å². The van der Waals surface area contributed by atoms with Crippen molar-refractivity contribution in [3.8, 4) is 22.8 Å². The molecule has 150 valence electrons. The molecule has 0 fully saturated rings. The van der Waals surface area contributed by atoms with Crippen molar-refractivity contribution < 1.29 is 23.8 Å². The number of anilines is 1. The van der Waals surface area contributed by atoms with E-state index in [1.807, 2.05) is 43.3 Å². The Labute approximate surface area is 169 Å². The highest BCUT2D eigenvalue weighted by molar-refractivity contribution is 6.02. The summed E-state index contributed by atoms with van der Waals surface area (Å²) in [4.78, 5) is 12.3. The van der Waals surface area contributed by atoms with Crippen molar-refractivity contribution in [3.63, 3.8) is 0 Å². The number of hydrogen-bond donors (Lipinski definition) is 2. The van der Waals surface area contributed by atoms with E-state index >= 15 is 0 Å². The van der Waals surface area contributed by atoms with Crippen LogP contribution in [0.4, 0.5) is 5.69 Å². The van der Waals surface area contributed by atoms with Crippen molar-refractivity contribution in [2.24, 2.45) is 0 Å². The van der Waals surface area contributed by atoms with Gasteiger partial charge in [0, 0.05) is 17.3 Å². The molecule has 0 atom stereocenters. The zero-order valence-corrected chi connectivity index (χ0v) is 16.3. The predicted molar refractivity (Wildman–Crippen MR) is 112 cm³/mol. The second-order valence-electron chi connectivity index (χ2n) is 6.17. The molecule has 0 radical (unpaired) electrons.